The number of hydrogen-bond donors (Lipinski definition) is 0. The number of alkyl halides is 1. The molecule has 1 unspecified atom stereocenters. The summed E-state index contributed by atoms with van der Waals surface area (Å²) < 4.78 is 13.1. The van der Waals surface area contributed by atoms with Crippen molar-refractivity contribution in [1.82, 2.24) is 0 Å². The molecule has 0 bridgehead atoms. The topological polar surface area (TPSA) is 0 Å². The maximum Gasteiger partial charge on any atom is 0.146 e. The fourth-order valence-corrected chi connectivity index (χ4v) is 1.36. The van der Waals surface area contributed by atoms with Gasteiger partial charge in [-0.05, 0) is 13.0 Å². The summed E-state index contributed by atoms with van der Waals surface area (Å²) in [5.74, 6) is -0.335. The van der Waals surface area contributed by atoms with Crippen LogP contribution in [0.1, 0.15) is 17.3 Å². The molecule has 0 aliphatic carbocycles. The van der Waals surface area contributed by atoms with E-state index in [9.17, 15) is 4.39 Å². The molecule has 1 aromatic carbocycles. The molecule has 11 heavy (non-hydrogen) atoms. The lowest BCUT2D eigenvalue weighted by Crippen LogP contribution is -1.89. The molecular weight excluding hydrogens is 230 g/mol. The first-order chi connectivity index (χ1) is 5.13. The lowest BCUT2D eigenvalue weighted by atomic mass is 10.1. The van der Waals surface area contributed by atoms with Crippen molar-refractivity contribution in [3.8, 4) is 0 Å². The van der Waals surface area contributed by atoms with E-state index in [0.717, 1.165) is 0 Å². The van der Waals surface area contributed by atoms with Crippen LogP contribution in [0.2, 0.25) is 5.02 Å². The average Bonchev–Trinajstić information content (AvgIpc) is 1.94. The minimum absolute atomic E-state index is 0.00111. The fraction of sp³-hybridized carbons (Fsp3) is 0.250. The lowest BCUT2D eigenvalue weighted by molar-refractivity contribution is 0.612. The van der Waals surface area contributed by atoms with Crippen molar-refractivity contribution in [1.29, 1.82) is 0 Å². The van der Waals surface area contributed by atoms with Crippen LogP contribution in [0, 0.1) is 5.82 Å². The highest BCUT2D eigenvalue weighted by Gasteiger charge is 2.09. The van der Waals surface area contributed by atoms with E-state index < -0.39 is 0 Å². The van der Waals surface area contributed by atoms with E-state index in [-0.39, 0.29) is 15.7 Å². The quantitative estimate of drug-likeness (QED) is 0.649. The van der Waals surface area contributed by atoms with Gasteiger partial charge in [0.15, 0.2) is 0 Å². The summed E-state index contributed by atoms with van der Waals surface area (Å²) in [7, 11) is 0. The number of hydrogen-bond acceptors (Lipinski definition) is 0. The van der Waals surface area contributed by atoms with Crippen molar-refractivity contribution in [3.05, 3.63) is 34.6 Å². The monoisotopic (exact) mass is 236 g/mol. The van der Waals surface area contributed by atoms with Gasteiger partial charge in [0.05, 0.1) is 5.02 Å². The van der Waals surface area contributed by atoms with E-state index in [1.165, 1.54) is 6.07 Å². The first kappa shape index (κ1) is 9.01. The zero-order chi connectivity index (χ0) is 8.43. The van der Waals surface area contributed by atoms with Crippen molar-refractivity contribution >= 4 is 27.5 Å². The Labute approximate surface area is 78.5 Å². The lowest BCUT2D eigenvalue weighted by Gasteiger charge is -2.05. The van der Waals surface area contributed by atoms with Gasteiger partial charge in [0.25, 0.3) is 0 Å². The van der Waals surface area contributed by atoms with Crippen LogP contribution >= 0.6 is 27.5 Å². The van der Waals surface area contributed by atoms with Gasteiger partial charge in [-0.3, -0.25) is 0 Å². The second-order valence-corrected chi connectivity index (χ2v) is 4.04. The Morgan fingerprint density at radius 2 is 2.18 bits per heavy atom. The Kier molecular flexibility index (Phi) is 2.90. The number of benzene rings is 1. The van der Waals surface area contributed by atoms with Crippen molar-refractivity contribution in [2.45, 2.75) is 11.8 Å². The van der Waals surface area contributed by atoms with Crippen LogP contribution in [0.3, 0.4) is 0 Å². The van der Waals surface area contributed by atoms with E-state index in [4.69, 9.17) is 11.6 Å². The molecule has 0 saturated heterocycles. The van der Waals surface area contributed by atoms with Crippen LogP contribution in [0.15, 0.2) is 18.2 Å². The van der Waals surface area contributed by atoms with Crippen LogP contribution in [-0.4, -0.2) is 0 Å². The SMILES string of the molecule is CC(Br)c1cccc(Cl)c1F. The number of halogens is 3. The van der Waals surface area contributed by atoms with Crippen LogP contribution in [0.5, 0.6) is 0 Å². The fourth-order valence-electron chi connectivity index (χ4n) is 0.828. The van der Waals surface area contributed by atoms with Crippen LogP contribution in [-0.2, 0) is 0 Å². The highest BCUT2D eigenvalue weighted by atomic mass is 79.9. The van der Waals surface area contributed by atoms with Crippen molar-refractivity contribution in [2.75, 3.05) is 0 Å². The summed E-state index contributed by atoms with van der Waals surface area (Å²) in [5.41, 5.74) is 0.595. The zero-order valence-electron chi connectivity index (χ0n) is 5.94. The summed E-state index contributed by atoms with van der Waals surface area (Å²) in [6, 6.07) is 4.98. The van der Waals surface area contributed by atoms with E-state index in [2.05, 4.69) is 15.9 Å². The van der Waals surface area contributed by atoms with Gasteiger partial charge in [-0.25, -0.2) is 4.39 Å². The van der Waals surface area contributed by atoms with E-state index in [0.29, 0.717) is 5.56 Å². The van der Waals surface area contributed by atoms with Crippen molar-refractivity contribution in [2.24, 2.45) is 0 Å². The van der Waals surface area contributed by atoms with Gasteiger partial charge in [0.1, 0.15) is 5.82 Å². The molecule has 1 atom stereocenters. The van der Waals surface area contributed by atoms with Crippen molar-refractivity contribution < 1.29 is 4.39 Å². The Balaban J connectivity index is 3.17. The van der Waals surface area contributed by atoms with E-state index >= 15 is 0 Å². The van der Waals surface area contributed by atoms with Crippen LogP contribution in [0.25, 0.3) is 0 Å². The zero-order valence-corrected chi connectivity index (χ0v) is 8.29. The molecule has 0 spiro atoms. The summed E-state index contributed by atoms with van der Waals surface area (Å²) in [6.45, 7) is 1.86. The van der Waals surface area contributed by atoms with E-state index in [1.54, 1.807) is 12.1 Å². The van der Waals surface area contributed by atoms with Gasteiger partial charge >= 0.3 is 0 Å². The Morgan fingerprint density at radius 1 is 1.55 bits per heavy atom. The molecule has 0 heterocycles. The van der Waals surface area contributed by atoms with Crippen LogP contribution in [0.4, 0.5) is 4.39 Å². The summed E-state index contributed by atoms with van der Waals surface area (Å²) >= 11 is 8.83. The normalized spacial score (nSPS) is 13.1. The smallest absolute Gasteiger partial charge is 0.146 e. The molecule has 60 valence electrons. The molecule has 0 radical (unpaired) electrons. The van der Waals surface area contributed by atoms with Gasteiger partial charge in [0.2, 0.25) is 0 Å². The highest BCUT2D eigenvalue weighted by Crippen LogP contribution is 2.27. The highest BCUT2D eigenvalue weighted by molar-refractivity contribution is 9.09. The molecule has 0 saturated carbocycles. The third-order valence-corrected chi connectivity index (χ3v) is 2.20. The molecule has 0 N–H and O–H groups in total. The Morgan fingerprint density at radius 3 is 2.64 bits per heavy atom. The first-order valence-corrected chi connectivity index (χ1v) is 4.50. The molecule has 1 aromatic rings. The maximum absolute atomic E-state index is 13.1. The molecule has 0 aliphatic rings. The second-order valence-electron chi connectivity index (χ2n) is 2.26. The predicted octanol–water partition coefficient (Wildman–Crippen LogP) is 3.94. The largest absolute Gasteiger partial charge is 0.205 e. The minimum Gasteiger partial charge on any atom is -0.205 e. The molecular formula is C8H7BrClF. The third kappa shape index (κ3) is 1.94. The van der Waals surface area contributed by atoms with Crippen molar-refractivity contribution in [3.63, 3.8) is 0 Å². The molecule has 0 aliphatic heterocycles. The molecule has 0 aromatic heterocycles. The number of rotatable bonds is 1. The van der Waals surface area contributed by atoms with Crippen LogP contribution < -0.4 is 0 Å². The minimum atomic E-state index is -0.335. The molecule has 0 amide bonds. The van der Waals surface area contributed by atoms with Gasteiger partial charge in [-0.15, -0.1) is 0 Å². The Bertz CT molecular complexity index is 260. The molecule has 1 rings (SSSR count). The van der Waals surface area contributed by atoms with Gasteiger partial charge in [0, 0.05) is 10.4 Å². The van der Waals surface area contributed by atoms with E-state index in [1.807, 2.05) is 6.92 Å². The molecule has 0 fully saturated rings. The predicted molar refractivity (Wildman–Crippen MR) is 48.8 cm³/mol. The standard InChI is InChI=1S/C8H7BrClF/c1-5(9)6-3-2-4-7(10)8(6)11/h2-5H,1H3. The summed E-state index contributed by atoms with van der Waals surface area (Å²) in [6.07, 6.45) is 0. The Hall–Kier alpha value is -0.0800. The third-order valence-electron chi connectivity index (χ3n) is 1.41. The van der Waals surface area contributed by atoms with Gasteiger partial charge in [-0.1, -0.05) is 39.7 Å². The average molecular weight is 237 g/mol. The maximum atomic E-state index is 13.1. The summed E-state index contributed by atoms with van der Waals surface area (Å²) in [4.78, 5) is 0.00111. The molecule has 3 heteroatoms. The molecule has 0 nitrogen and oxygen atoms in total. The van der Waals surface area contributed by atoms with Gasteiger partial charge in [-0.2, -0.15) is 0 Å². The first-order valence-electron chi connectivity index (χ1n) is 3.21. The summed E-state index contributed by atoms with van der Waals surface area (Å²) in [5, 5.41) is 0.175. The van der Waals surface area contributed by atoms with Gasteiger partial charge < -0.3 is 0 Å². The second kappa shape index (κ2) is 3.55.